The molecule has 0 amide bonds. The number of hydrogen-bond acceptors (Lipinski definition) is 1. The Hall–Kier alpha value is -3.59. The van der Waals surface area contributed by atoms with Crippen molar-refractivity contribution in [2.24, 2.45) is 4.99 Å². The van der Waals surface area contributed by atoms with Gasteiger partial charge in [-0.2, -0.15) is 0 Å². The summed E-state index contributed by atoms with van der Waals surface area (Å²) in [4.78, 5) is 4.71. The highest BCUT2D eigenvalue weighted by atomic mass is 35.5. The molecule has 0 fully saturated rings. The second-order valence-electron chi connectivity index (χ2n) is 7.59. The Morgan fingerprint density at radius 2 is 1.24 bits per heavy atom. The standard InChI is InChI=1S/C29H20Cl2N2/c30-24-16-17-26(31)27(19-24)32-20-23-18-28(21-10-4-1-5-11-21)33(25-14-8-3-9-15-25)29(23)22-12-6-2-7-13-22/h1-20H. The number of benzene rings is 4. The predicted octanol–water partition coefficient (Wildman–Crippen LogP) is 8.87. The van der Waals surface area contributed by atoms with E-state index >= 15 is 0 Å². The number of para-hydroxylation sites is 1. The maximum atomic E-state index is 6.37. The molecule has 0 spiro atoms. The van der Waals surface area contributed by atoms with E-state index < -0.39 is 0 Å². The first-order valence-electron chi connectivity index (χ1n) is 10.6. The number of halogens is 2. The van der Waals surface area contributed by atoms with Crippen molar-refractivity contribution in [1.82, 2.24) is 4.57 Å². The third kappa shape index (κ3) is 4.49. The van der Waals surface area contributed by atoms with Gasteiger partial charge in [0.2, 0.25) is 0 Å². The van der Waals surface area contributed by atoms with Gasteiger partial charge in [0.05, 0.1) is 22.1 Å². The van der Waals surface area contributed by atoms with Crippen LogP contribution in [-0.2, 0) is 0 Å². The van der Waals surface area contributed by atoms with Gasteiger partial charge >= 0.3 is 0 Å². The molecule has 1 heterocycles. The van der Waals surface area contributed by atoms with Gasteiger partial charge in [-0.25, -0.2) is 0 Å². The average Bonchev–Trinajstić information content (AvgIpc) is 3.26. The van der Waals surface area contributed by atoms with E-state index in [1.807, 2.05) is 24.4 Å². The van der Waals surface area contributed by atoms with Crippen LogP contribution < -0.4 is 0 Å². The van der Waals surface area contributed by atoms with E-state index in [1.165, 1.54) is 0 Å². The first-order valence-corrected chi connectivity index (χ1v) is 11.4. The van der Waals surface area contributed by atoms with E-state index in [9.17, 15) is 0 Å². The summed E-state index contributed by atoms with van der Waals surface area (Å²) in [5, 5.41) is 1.16. The van der Waals surface area contributed by atoms with Crippen LogP contribution in [0, 0.1) is 0 Å². The molecular formula is C29H20Cl2N2. The van der Waals surface area contributed by atoms with Crippen LogP contribution in [0.5, 0.6) is 0 Å². The molecule has 5 aromatic rings. The molecule has 0 unspecified atom stereocenters. The van der Waals surface area contributed by atoms with Crippen molar-refractivity contribution in [3.05, 3.63) is 131 Å². The van der Waals surface area contributed by atoms with Gasteiger partial charge < -0.3 is 4.57 Å². The van der Waals surface area contributed by atoms with Crippen LogP contribution in [0.1, 0.15) is 5.56 Å². The first kappa shape index (κ1) is 21.3. The van der Waals surface area contributed by atoms with Crippen LogP contribution >= 0.6 is 23.2 Å². The SMILES string of the molecule is Clc1ccc(Cl)c(N=Cc2cc(-c3ccccc3)n(-c3ccccc3)c2-c2ccccc2)c1. The maximum Gasteiger partial charge on any atom is 0.0830 e. The van der Waals surface area contributed by atoms with Gasteiger partial charge in [0.25, 0.3) is 0 Å². The minimum absolute atomic E-state index is 0.558. The van der Waals surface area contributed by atoms with Crippen molar-refractivity contribution in [3.8, 4) is 28.2 Å². The summed E-state index contributed by atoms with van der Waals surface area (Å²) in [6.07, 6.45) is 1.87. The molecule has 33 heavy (non-hydrogen) atoms. The van der Waals surface area contributed by atoms with Crippen LogP contribution in [0.4, 0.5) is 5.69 Å². The van der Waals surface area contributed by atoms with Crippen LogP contribution in [0.3, 0.4) is 0 Å². The van der Waals surface area contributed by atoms with Crippen molar-refractivity contribution < 1.29 is 0 Å². The normalized spacial score (nSPS) is 11.2. The highest BCUT2D eigenvalue weighted by molar-refractivity contribution is 6.35. The molecular weight excluding hydrogens is 447 g/mol. The quantitative estimate of drug-likeness (QED) is 0.230. The van der Waals surface area contributed by atoms with Crippen molar-refractivity contribution >= 4 is 35.1 Å². The minimum atomic E-state index is 0.558. The number of nitrogens with zero attached hydrogens (tertiary/aromatic N) is 2. The third-order valence-corrected chi connectivity index (χ3v) is 5.97. The van der Waals surface area contributed by atoms with E-state index in [2.05, 4.69) is 83.4 Å². The Kier molecular flexibility index (Phi) is 6.12. The van der Waals surface area contributed by atoms with E-state index in [1.54, 1.807) is 18.2 Å². The summed E-state index contributed by atoms with van der Waals surface area (Å²) in [7, 11) is 0. The van der Waals surface area contributed by atoms with Gasteiger partial charge in [-0.3, -0.25) is 4.99 Å². The summed E-state index contributed by atoms with van der Waals surface area (Å²) in [6.45, 7) is 0. The maximum absolute atomic E-state index is 6.37. The zero-order valence-electron chi connectivity index (χ0n) is 17.7. The minimum Gasteiger partial charge on any atom is -0.309 e. The van der Waals surface area contributed by atoms with Crippen LogP contribution in [0.25, 0.3) is 28.2 Å². The Balaban J connectivity index is 1.78. The Bertz CT molecular complexity index is 1410. The zero-order chi connectivity index (χ0) is 22.6. The molecule has 0 N–H and O–H groups in total. The van der Waals surface area contributed by atoms with Crippen molar-refractivity contribution in [1.29, 1.82) is 0 Å². The van der Waals surface area contributed by atoms with Gasteiger partial charge in [-0.15, -0.1) is 0 Å². The molecule has 0 bridgehead atoms. The topological polar surface area (TPSA) is 17.3 Å². The molecule has 2 nitrogen and oxygen atoms in total. The van der Waals surface area contributed by atoms with Crippen molar-refractivity contribution in [2.75, 3.05) is 0 Å². The third-order valence-electron chi connectivity index (χ3n) is 5.41. The Morgan fingerprint density at radius 1 is 0.636 bits per heavy atom. The molecule has 0 aliphatic carbocycles. The van der Waals surface area contributed by atoms with Gasteiger partial charge in [0.1, 0.15) is 0 Å². The first-order chi connectivity index (χ1) is 16.2. The molecule has 5 rings (SSSR count). The van der Waals surface area contributed by atoms with E-state index in [-0.39, 0.29) is 0 Å². The zero-order valence-corrected chi connectivity index (χ0v) is 19.2. The second-order valence-corrected chi connectivity index (χ2v) is 8.43. The molecule has 0 saturated carbocycles. The van der Waals surface area contributed by atoms with Gasteiger partial charge in [0, 0.05) is 22.5 Å². The monoisotopic (exact) mass is 466 g/mol. The summed E-state index contributed by atoms with van der Waals surface area (Å²) in [6, 6.07) is 38.6. The lowest BCUT2D eigenvalue weighted by Gasteiger charge is -2.15. The molecule has 0 aliphatic heterocycles. The molecule has 4 heteroatoms. The average molecular weight is 467 g/mol. The highest BCUT2D eigenvalue weighted by Gasteiger charge is 2.18. The Morgan fingerprint density at radius 3 is 1.91 bits per heavy atom. The van der Waals surface area contributed by atoms with Crippen molar-refractivity contribution in [2.45, 2.75) is 0 Å². The summed E-state index contributed by atoms with van der Waals surface area (Å²) in [5.41, 5.74) is 7.07. The predicted molar refractivity (Wildman–Crippen MR) is 140 cm³/mol. The van der Waals surface area contributed by atoms with E-state index in [4.69, 9.17) is 28.2 Å². The fourth-order valence-electron chi connectivity index (χ4n) is 3.91. The molecule has 4 aromatic carbocycles. The lowest BCUT2D eigenvalue weighted by Crippen LogP contribution is -2.00. The molecule has 0 atom stereocenters. The number of aromatic nitrogens is 1. The molecule has 0 saturated heterocycles. The smallest absolute Gasteiger partial charge is 0.0830 e. The van der Waals surface area contributed by atoms with Crippen molar-refractivity contribution in [3.63, 3.8) is 0 Å². The fraction of sp³-hybridized carbons (Fsp3) is 0. The lowest BCUT2D eigenvalue weighted by atomic mass is 10.1. The van der Waals surface area contributed by atoms with Crippen LogP contribution in [0.2, 0.25) is 10.0 Å². The van der Waals surface area contributed by atoms with Gasteiger partial charge in [-0.05, 0) is 47.5 Å². The lowest BCUT2D eigenvalue weighted by molar-refractivity contribution is 1.09. The molecule has 1 aromatic heterocycles. The molecule has 160 valence electrons. The second kappa shape index (κ2) is 9.50. The van der Waals surface area contributed by atoms with E-state index in [0.29, 0.717) is 15.7 Å². The number of hydrogen-bond donors (Lipinski definition) is 0. The largest absolute Gasteiger partial charge is 0.309 e. The molecule has 0 radical (unpaired) electrons. The summed E-state index contributed by atoms with van der Waals surface area (Å²) >= 11 is 12.5. The van der Waals surface area contributed by atoms with Crippen LogP contribution in [0.15, 0.2) is 120 Å². The number of rotatable bonds is 5. The fourth-order valence-corrected chi connectivity index (χ4v) is 4.24. The van der Waals surface area contributed by atoms with Crippen LogP contribution in [-0.4, -0.2) is 10.8 Å². The van der Waals surface area contributed by atoms with Gasteiger partial charge in [-0.1, -0.05) is 102 Å². The Labute approximate surface area is 203 Å². The van der Waals surface area contributed by atoms with E-state index in [0.717, 1.165) is 33.8 Å². The summed E-state index contributed by atoms with van der Waals surface area (Å²) in [5.74, 6) is 0. The summed E-state index contributed by atoms with van der Waals surface area (Å²) < 4.78 is 2.28. The number of aliphatic imine (C=N–C) groups is 1. The highest BCUT2D eigenvalue weighted by Crippen LogP contribution is 2.36. The van der Waals surface area contributed by atoms with Gasteiger partial charge in [0.15, 0.2) is 0 Å². The molecule has 0 aliphatic rings.